The van der Waals surface area contributed by atoms with Crippen molar-refractivity contribution < 1.29 is 4.74 Å². The fourth-order valence-electron chi connectivity index (χ4n) is 1.83. The molecule has 0 aliphatic heterocycles. The number of halogens is 1. The lowest BCUT2D eigenvalue weighted by Gasteiger charge is -2.29. The Labute approximate surface area is 107 Å². The first-order valence-electron chi connectivity index (χ1n) is 5.64. The van der Waals surface area contributed by atoms with Crippen molar-refractivity contribution in [2.24, 2.45) is 5.92 Å². The van der Waals surface area contributed by atoms with E-state index in [9.17, 15) is 0 Å². The van der Waals surface area contributed by atoms with E-state index in [1.165, 1.54) is 4.88 Å². The van der Waals surface area contributed by atoms with Gasteiger partial charge in [-0.2, -0.15) is 0 Å². The minimum atomic E-state index is 0.185. The zero-order valence-corrected chi connectivity index (χ0v) is 11.9. The van der Waals surface area contributed by atoms with Gasteiger partial charge in [0.15, 0.2) is 0 Å². The molecule has 0 spiro atoms. The molecule has 1 aromatic rings. The number of hydrogen-bond acceptors (Lipinski definition) is 3. The summed E-state index contributed by atoms with van der Waals surface area (Å²) in [7, 11) is 1.96. The van der Waals surface area contributed by atoms with Crippen LogP contribution in [0, 0.1) is 5.92 Å². The first-order valence-corrected chi connectivity index (χ1v) is 6.83. The van der Waals surface area contributed by atoms with Crippen LogP contribution in [0.15, 0.2) is 12.1 Å². The lowest BCUT2D eigenvalue weighted by Crippen LogP contribution is -2.35. The first-order chi connectivity index (χ1) is 7.60. The van der Waals surface area contributed by atoms with E-state index in [1.807, 2.05) is 20.0 Å². The summed E-state index contributed by atoms with van der Waals surface area (Å²) in [4.78, 5) is 1.24. The van der Waals surface area contributed by atoms with E-state index in [4.69, 9.17) is 16.3 Å². The van der Waals surface area contributed by atoms with E-state index in [1.54, 1.807) is 11.3 Å². The number of thiophene rings is 1. The number of hydrogen-bond donors (Lipinski definition) is 1. The van der Waals surface area contributed by atoms with Gasteiger partial charge in [0.1, 0.15) is 0 Å². The van der Waals surface area contributed by atoms with Crippen molar-refractivity contribution in [2.75, 3.05) is 13.7 Å². The van der Waals surface area contributed by atoms with Gasteiger partial charge in [-0.25, -0.2) is 0 Å². The van der Waals surface area contributed by atoms with E-state index in [-0.39, 0.29) is 12.1 Å². The molecule has 4 heteroatoms. The second-order valence-electron chi connectivity index (χ2n) is 4.07. The van der Waals surface area contributed by atoms with Crippen LogP contribution < -0.4 is 5.32 Å². The molecule has 1 heterocycles. The van der Waals surface area contributed by atoms with Crippen molar-refractivity contribution in [2.45, 2.75) is 32.9 Å². The first kappa shape index (κ1) is 14.0. The zero-order chi connectivity index (χ0) is 12.1. The van der Waals surface area contributed by atoms with E-state index in [0.29, 0.717) is 5.92 Å². The Bertz CT molecular complexity index is 314. The Morgan fingerprint density at radius 1 is 1.44 bits per heavy atom. The van der Waals surface area contributed by atoms with Crippen molar-refractivity contribution >= 4 is 22.9 Å². The van der Waals surface area contributed by atoms with Crippen molar-refractivity contribution in [3.8, 4) is 0 Å². The summed E-state index contributed by atoms with van der Waals surface area (Å²) < 4.78 is 6.65. The third-order valence-corrected chi connectivity index (χ3v) is 3.87. The predicted molar refractivity (Wildman–Crippen MR) is 71.4 cm³/mol. The van der Waals surface area contributed by atoms with E-state index < -0.39 is 0 Å². The molecule has 0 aliphatic carbocycles. The van der Waals surface area contributed by atoms with Gasteiger partial charge >= 0.3 is 0 Å². The molecule has 0 radical (unpaired) electrons. The molecule has 2 unspecified atom stereocenters. The summed E-state index contributed by atoms with van der Waals surface area (Å²) in [6.07, 6.45) is 0.185. The highest BCUT2D eigenvalue weighted by atomic mass is 35.5. The minimum absolute atomic E-state index is 0.185. The van der Waals surface area contributed by atoms with Gasteiger partial charge in [0.05, 0.1) is 16.5 Å². The van der Waals surface area contributed by atoms with Gasteiger partial charge in [0, 0.05) is 11.5 Å². The standard InChI is InChI=1S/C12H20ClNOS/c1-5-15-12(8(2)3)11(14-4)9-6-7-10(13)16-9/h6-8,11-12,14H,5H2,1-4H3. The average molecular weight is 262 g/mol. The summed E-state index contributed by atoms with van der Waals surface area (Å²) >= 11 is 7.59. The molecule has 0 amide bonds. The maximum Gasteiger partial charge on any atom is 0.0931 e. The van der Waals surface area contributed by atoms with Crippen LogP contribution in [0.25, 0.3) is 0 Å². The van der Waals surface area contributed by atoms with Crippen molar-refractivity contribution in [3.63, 3.8) is 0 Å². The summed E-state index contributed by atoms with van der Waals surface area (Å²) in [5, 5.41) is 3.32. The molecule has 0 bridgehead atoms. The van der Waals surface area contributed by atoms with Gasteiger partial charge in [-0.15, -0.1) is 11.3 Å². The number of likely N-dealkylation sites (N-methyl/N-ethyl adjacent to an activating group) is 1. The second-order valence-corrected chi connectivity index (χ2v) is 5.82. The van der Waals surface area contributed by atoms with Crippen LogP contribution in [0.5, 0.6) is 0 Å². The molecule has 0 aliphatic rings. The van der Waals surface area contributed by atoms with Gasteiger partial charge in [0.2, 0.25) is 0 Å². The number of rotatable bonds is 6. The quantitative estimate of drug-likeness (QED) is 0.843. The third-order valence-electron chi connectivity index (χ3n) is 2.56. The zero-order valence-electron chi connectivity index (χ0n) is 10.3. The normalized spacial score (nSPS) is 15.4. The van der Waals surface area contributed by atoms with Crippen LogP contribution in [-0.2, 0) is 4.74 Å². The molecular weight excluding hydrogens is 242 g/mol. The van der Waals surface area contributed by atoms with Crippen molar-refractivity contribution in [1.29, 1.82) is 0 Å². The maximum atomic E-state index is 5.97. The molecular formula is C12H20ClNOS. The maximum absolute atomic E-state index is 5.97. The molecule has 0 saturated carbocycles. The topological polar surface area (TPSA) is 21.3 Å². The molecule has 0 aromatic carbocycles. The number of ether oxygens (including phenoxy) is 1. The molecule has 1 aromatic heterocycles. The van der Waals surface area contributed by atoms with Gasteiger partial charge in [-0.3, -0.25) is 0 Å². The Morgan fingerprint density at radius 3 is 2.50 bits per heavy atom. The van der Waals surface area contributed by atoms with Gasteiger partial charge in [0.25, 0.3) is 0 Å². The Morgan fingerprint density at radius 2 is 2.12 bits per heavy atom. The van der Waals surface area contributed by atoms with Crippen LogP contribution in [0.4, 0.5) is 0 Å². The second kappa shape index (κ2) is 6.60. The minimum Gasteiger partial charge on any atom is -0.376 e. The van der Waals surface area contributed by atoms with Gasteiger partial charge in [-0.1, -0.05) is 25.4 Å². The molecule has 2 nitrogen and oxygen atoms in total. The van der Waals surface area contributed by atoms with E-state index >= 15 is 0 Å². The predicted octanol–water partition coefficient (Wildman–Crippen LogP) is 3.72. The molecule has 1 N–H and O–H groups in total. The average Bonchev–Trinajstić information content (AvgIpc) is 2.64. The van der Waals surface area contributed by atoms with Gasteiger partial charge in [-0.05, 0) is 32.0 Å². The molecule has 92 valence electrons. The van der Waals surface area contributed by atoms with E-state index in [0.717, 1.165) is 10.9 Å². The number of nitrogens with one attached hydrogen (secondary N) is 1. The lowest BCUT2D eigenvalue weighted by atomic mass is 9.98. The van der Waals surface area contributed by atoms with Gasteiger partial charge < -0.3 is 10.1 Å². The molecule has 1 rings (SSSR count). The smallest absolute Gasteiger partial charge is 0.0931 e. The monoisotopic (exact) mass is 261 g/mol. The SMILES string of the molecule is CCOC(C(C)C)C(NC)c1ccc(Cl)s1. The summed E-state index contributed by atoms with van der Waals surface area (Å²) in [5.41, 5.74) is 0. The highest BCUT2D eigenvalue weighted by Crippen LogP contribution is 2.31. The summed E-state index contributed by atoms with van der Waals surface area (Å²) in [6, 6.07) is 4.23. The van der Waals surface area contributed by atoms with Crippen LogP contribution in [0.1, 0.15) is 31.7 Å². The Kier molecular flexibility index (Phi) is 5.76. The van der Waals surface area contributed by atoms with Crippen molar-refractivity contribution in [3.05, 3.63) is 21.3 Å². The Hall–Kier alpha value is -0.0900. The van der Waals surface area contributed by atoms with Crippen LogP contribution >= 0.6 is 22.9 Å². The van der Waals surface area contributed by atoms with Crippen molar-refractivity contribution in [1.82, 2.24) is 5.32 Å². The molecule has 2 atom stereocenters. The molecule has 0 fully saturated rings. The third kappa shape index (κ3) is 3.45. The summed E-state index contributed by atoms with van der Waals surface area (Å²) in [5.74, 6) is 0.471. The largest absolute Gasteiger partial charge is 0.376 e. The van der Waals surface area contributed by atoms with Crippen LogP contribution in [0.2, 0.25) is 4.34 Å². The van der Waals surface area contributed by atoms with Crippen LogP contribution in [0.3, 0.4) is 0 Å². The molecule has 0 saturated heterocycles. The molecule has 16 heavy (non-hydrogen) atoms. The highest BCUT2D eigenvalue weighted by molar-refractivity contribution is 7.16. The van der Waals surface area contributed by atoms with E-state index in [2.05, 4.69) is 25.2 Å². The Balaban J connectivity index is 2.85. The fourth-order valence-corrected chi connectivity index (χ4v) is 3.04. The fraction of sp³-hybridized carbons (Fsp3) is 0.667. The summed E-state index contributed by atoms with van der Waals surface area (Å²) in [6.45, 7) is 7.13. The van der Waals surface area contributed by atoms with Crippen LogP contribution in [-0.4, -0.2) is 19.8 Å². The lowest BCUT2D eigenvalue weighted by molar-refractivity contribution is 0.00543. The highest BCUT2D eigenvalue weighted by Gasteiger charge is 2.26.